The van der Waals surface area contributed by atoms with E-state index in [1.54, 1.807) is 0 Å². The van der Waals surface area contributed by atoms with Crippen molar-refractivity contribution in [1.82, 2.24) is 14.8 Å². The summed E-state index contributed by atoms with van der Waals surface area (Å²) in [4.78, 5) is 22.3. The van der Waals surface area contributed by atoms with Gasteiger partial charge in [0.1, 0.15) is 0 Å². The molecule has 2 fully saturated rings. The zero-order chi connectivity index (χ0) is 23.3. The van der Waals surface area contributed by atoms with Crippen molar-refractivity contribution in [3.8, 4) is 0 Å². The van der Waals surface area contributed by atoms with Crippen molar-refractivity contribution >= 4 is 22.5 Å². The summed E-state index contributed by atoms with van der Waals surface area (Å²) < 4.78 is 0. The van der Waals surface area contributed by atoms with Crippen molar-refractivity contribution in [1.29, 1.82) is 0 Å². The second kappa shape index (κ2) is 10.7. The summed E-state index contributed by atoms with van der Waals surface area (Å²) in [6.07, 6.45) is 6.15. The fraction of sp³-hybridized carbons (Fsp3) is 0.448. The molecule has 0 radical (unpaired) electrons. The highest BCUT2D eigenvalue weighted by Gasteiger charge is 2.22. The normalized spacial score (nSPS) is 18.3. The van der Waals surface area contributed by atoms with Crippen LogP contribution in [0, 0.1) is 6.92 Å². The molecule has 1 amide bonds. The first kappa shape index (κ1) is 23.0. The molecule has 1 aromatic heterocycles. The van der Waals surface area contributed by atoms with E-state index in [2.05, 4.69) is 58.4 Å². The number of anilines is 1. The fourth-order valence-electron chi connectivity index (χ4n) is 5.35. The number of pyridine rings is 1. The number of piperidine rings is 2. The molecule has 0 spiro atoms. The van der Waals surface area contributed by atoms with Gasteiger partial charge >= 0.3 is 0 Å². The monoisotopic (exact) mass is 456 g/mol. The minimum Gasteiger partial charge on any atom is -0.325 e. The number of nitrogens with zero attached hydrogens (tertiary/aromatic N) is 3. The Hall–Kier alpha value is -2.76. The van der Waals surface area contributed by atoms with E-state index in [-0.39, 0.29) is 5.91 Å². The van der Waals surface area contributed by atoms with Crippen molar-refractivity contribution in [3.63, 3.8) is 0 Å². The summed E-state index contributed by atoms with van der Waals surface area (Å²) in [5.74, 6) is 0.663. The topological polar surface area (TPSA) is 48.5 Å². The largest absolute Gasteiger partial charge is 0.325 e. The third kappa shape index (κ3) is 5.83. The number of amides is 1. The number of likely N-dealkylation sites (tertiary alicyclic amines) is 2. The summed E-state index contributed by atoms with van der Waals surface area (Å²) in [5, 5.41) is 4.16. The molecule has 1 N–H and O–H groups in total. The van der Waals surface area contributed by atoms with E-state index >= 15 is 0 Å². The molecule has 34 heavy (non-hydrogen) atoms. The first-order valence-corrected chi connectivity index (χ1v) is 12.8. The predicted octanol–water partition coefficient (Wildman–Crippen LogP) is 5.35. The molecule has 2 saturated heterocycles. The molecule has 178 valence electrons. The first-order chi connectivity index (χ1) is 16.6. The molecular weight excluding hydrogens is 420 g/mol. The standard InChI is InChI=1S/C29H36N4O/c1-22-5-7-23(8-6-22)24-13-17-33(18-14-24)21-29(34)31-26-11-12-28-25(19-26)9-10-27(30-28)20-32-15-3-2-4-16-32/h5-12,19,24H,2-4,13-18,20-21H2,1H3,(H,31,34). The predicted molar refractivity (Wildman–Crippen MR) is 139 cm³/mol. The summed E-state index contributed by atoms with van der Waals surface area (Å²) >= 11 is 0. The van der Waals surface area contributed by atoms with Crippen LogP contribution >= 0.6 is 0 Å². The van der Waals surface area contributed by atoms with E-state index in [0.717, 1.165) is 54.8 Å². The van der Waals surface area contributed by atoms with Crippen LogP contribution in [0.2, 0.25) is 0 Å². The van der Waals surface area contributed by atoms with E-state index in [0.29, 0.717) is 12.5 Å². The van der Waals surface area contributed by atoms with Gasteiger partial charge in [-0.3, -0.25) is 19.6 Å². The van der Waals surface area contributed by atoms with Crippen LogP contribution in [0.25, 0.3) is 10.9 Å². The minimum atomic E-state index is 0.0582. The Labute approximate surface area is 203 Å². The van der Waals surface area contributed by atoms with Gasteiger partial charge in [-0.2, -0.15) is 0 Å². The van der Waals surface area contributed by atoms with Crippen molar-refractivity contribution in [2.75, 3.05) is 38.0 Å². The summed E-state index contributed by atoms with van der Waals surface area (Å²) in [5.41, 5.74) is 5.70. The van der Waals surface area contributed by atoms with Gasteiger partial charge in [-0.05, 0) is 94.5 Å². The van der Waals surface area contributed by atoms with Gasteiger partial charge in [0, 0.05) is 17.6 Å². The van der Waals surface area contributed by atoms with Crippen LogP contribution in [0.1, 0.15) is 54.8 Å². The Morgan fingerprint density at radius 1 is 0.912 bits per heavy atom. The van der Waals surface area contributed by atoms with E-state index < -0.39 is 0 Å². The highest BCUT2D eigenvalue weighted by molar-refractivity contribution is 5.94. The molecule has 2 aliphatic heterocycles. The number of aryl methyl sites for hydroxylation is 1. The third-order valence-electron chi connectivity index (χ3n) is 7.37. The molecule has 0 saturated carbocycles. The van der Waals surface area contributed by atoms with E-state index in [9.17, 15) is 4.79 Å². The summed E-state index contributed by atoms with van der Waals surface area (Å²) in [6.45, 7) is 7.79. The number of rotatable bonds is 6. The number of fused-ring (bicyclic) bond motifs is 1. The van der Waals surface area contributed by atoms with Crippen LogP contribution in [0.5, 0.6) is 0 Å². The van der Waals surface area contributed by atoms with Crippen LogP contribution in [0.15, 0.2) is 54.6 Å². The van der Waals surface area contributed by atoms with E-state index in [1.165, 1.54) is 43.5 Å². The zero-order valence-corrected chi connectivity index (χ0v) is 20.3. The van der Waals surface area contributed by atoms with Gasteiger partial charge in [0.15, 0.2) is 0 Å². The lowest BCUT2D eigenvalue weighted by Crippen LogP contribution is -2.38. The Balaban J connectivity index is 1.13. The first-order valence-electron chi connectivity index (χ1n) is 12.8. The van der Waals surface area contributed by atoms with Gasteiger partial charge in [-0.15, -0.1) is 0 Å². The average molecular weight is 457 g/mol. The lowest BCUT2D eigenvalue weighted by Gasteiger charge is -2.31. The molecule has 2 aromatic carbocycles. The molecule has 0 atom stereocenters. The van der Waals surface area contributed by atoms with E-state index in [4.69, 9.17) is 4.98 Å². The number of nitrogens with one attached hydrogen (secondary N) is 1. The second-order valence-electron chi connectivity index (χ2n) is 10.1. The number of hydrogen-bond donors (Lipinski definition) is 1. The van der Waals surface area contributed by atoms with Crippen LogP contribution in [0.4, 0.5) is 5.69 Å². The molecular formula is C29H36N4O. The number of carbonyl (C=O) groups is 1. The van der Waals surface area contributed by atoms with Crippen molar-refractivity contribution in [2.24, 2.45) is 0 Å². The lowest BCUT2D eigenvalue weighted by molar-refractivity contribution is -0.117. The molecule has 5 heteroatoms. The molecule has 3 aromatic rings. The van der Waals surface area contributed by atoms with E-state index in [1.807, 2.05) is 18.2 Å². The second-order valence-corrected chi connectivity index (χ2v) is 10.1. The molecule has 0 unspecified atom stereocenters. The van der Waals surface area contributed by atoms with Crippen molar-refractivity contribution in [3.05, 3.63) is 71.4 Å². The number of benzene rings is 2. The Morgan fingerprint density at radius 3 is 2.44 bits per heavy atom. The highest BCUT2D eigenvalue weighted by Crippen LogP contribution is 2.28. The average Bonchev–Trinajstić information content (AvgIpc) is 2.86. The Bertz CT molecular complexity index is 1110. The van der Waals surface area contributed by atoms with Crippen LogP contribution < -0.4 is 5.32 Å². The van der Waals surface area contributed by atoms with Gasteiger partial charge in [0.05, 0.1) is 17.8 Å². The summed E-state index contributed by atoms with van der Waals surface area (Å²) in [7, 11) is 0. The SMILES string of the molecule is Cc1ccc(C2CCN(CC(=O)Nc3ccc4nc(CN5CCCCC5)ccc4c3)CC2)cc1. The maximum atomic E-state index is 12.7. The number of aromatic nitrogens is 1. The Kier molecular flexibility index (Phi) is 7.21. The van der Waals surface area contributed by atoms with Gasteiger partial charge in [0.25, 0.3) is 0 Å². The Morgan fingerprint density at radius 2 is 1.68 bits per heavy atom. The molecule has 5 rings (SSSR count). The number of carbonyl (C=O) groups excluding carboxylic acids is 1. The molecule has 5 nitrogen and oxygen atoms in total. The highest BCUT2D eigenvalue weighted by atomic mass is 16.2. The molecule has 0 bridgehead atoms. The zero-order valence-electron chi connectivity index (χ0n) is 20.3. The fourth-order valence-corrected chi connectivity index (χ4v) is 5.35. The van der Waals surface area contributed by atoms with Crippen molar-refractivity contribution in [2.45, 2.75) is 51.5 Å². The minimum absolute atomic E-state index is 0.0582. The summed E-state index contributed by atoms with van der Waals surface area (Å²) in [6, 6.07) is 19.2. The molecule has 3 heterocycles. The smallest absolute Gasteiger partial charge is 0.238 e. The molecule has 2 aliphatic rings. The molecule has 0 aliphatic carbocycles. The van der Waals surface area contributed by atoms with Crippen molar-refractivity contribution < 1.29 is 4.79 Å². The number of hydrogen-bond acceptors (Lipinski definition) is 4. The lowest BCUT2D eigenvalue weighted by atomic mass is 9.89. The van der Waals surface area contributed by atoms with Gasteiger partial charge in [-0.25, -0.2) is 0 Å². The van der Waals surface area contributed by atoms with Gasteiger partial charge < -0.3 is 5.32 Å². The van der Waals surface area contributed by atoms with Gasteiger partial charge in [0.2, 0.25) is 5.91 Å². The van der Waals surface area contributed by atoms with Gasteiger partial charge in [-0.1, -0.05) is 42.3 Å². The maximum Gasteiger partial charge on any atom is 0.238 e. The third-order valence-corrected chi connectivity index (χ3v) is 7.37. The maximum absolute atomic E-state index is 12.7. The quantitative estimate of drug-likeness (QED) is 0.543. The van der Waals surface area contributed by atoms with Crippen LogP contribution in [0.3, 0.4) is 0 Å². The van der Waals surface area contributed by atoms with Crippen LogP contribution in [-0.4, -0.2) is 53.4 Å². The van der Waals surface area contributed by atoms with Crippen LogP contribution in [-0.2, 0) is 11.3 Å².